The Hall–Kier alpha value is -2.80. The minimum absolute atomic E-state index is 0.0777. The second-order valence-corrected chi connectivity index (χ2v) is 5.78. The van der Waals surface area contributed by atoms with Crippen LogP contribution < -0.4 is 5.32 Å². The van der Waals surface area contributed by atoms with Gasteiger partial charge in [0.25, 0.3) is 5.91 Å². The molecule has 1 aliphatic heterocycles. The van der Waals surface area contributed by atoms with E-state index < -0.39 is 5.97 Å². The summed E-state index contributed by atoms with van der Waals surface area (Å²) in [4.78, 5) is 27.8. The summed E-state index contributed by atoms with van der Waals surface area (Å²) >= 11 is 1.14. The molecule has 1 amide bonds. The van der Waals surface area contributed by atoms with Crippen LogP contribution in [-0.2, 0) is 4.79 Å². The van der Waals surface area contributed by atoms with Gasteiger partial charge in [0.15, 0.2) is 5.17 Å². The van der Waals surface area contributed by atoms with Crippen LogP contribution in [0.4, 0.5) is 5.69 Å². The number of furan rings is 1. The molecule has 0 bridgehead atoms. The third-order valence-corrected chi connectivity index (χ3v) is 3.95. The van der Waals surface area contributed by atoms with Crippen LogP contribution in [-0.4, -0.2) is 22.2 Å². The van der Waals surface area contributed by atoms with E-state index in [0.29, 0.717) is 15.8 Å². The fourth-order valence-corrected chi connectivity index (χ4v) is 2.82. The van der Waals surface area contributed by atoms with Gasteiger partial charge in [-0.25, -0.2) is 9.79 Å². The highest BCUT2D eigenvalue weighted by Gasteiger charge is 2.24. The zero-order valence-electron chi connectivity index (χ0n) is 12.1. The molecule has 2 N–H and O–H groups in total. The molecule has 0 spiro atoms. The first-order valence-electron chi connectivity index (χ1n) is 6.71. The predicted octanol–water partition coefficient (Wildman–Crippen LogP) is 3.18. The highest BCUT2D eigenvalue weighted by Crippen LogP contribution is 2.29. The third-order valence-electron chi connectivity index (χ3n) is 3.04. The number of nitrogens with zero attached hydrogens (tertiary/aromatic N) is 1. The van der Waals surface area contributed by atoms with Crippen molar-refractivity contribution in [2.45, 2.75) is 6.92 Å². The summed E-state index contributed by atoms with van der Waals surface area (Å²) in [6.45, 7) is 1.82. The number of benzene rings is 1. The second-order valence-electron chi connectivity index (χ2n) is 4.75. The molecule has 6 nitrogen and oxygen atoms in total. The van der Waals surface area contributed by atoms with Crippen LogP contribution in [0, 0.1) is 6.92 Å². The summed E-state index contributed by atoms with van der Waals surface area (Å²) in [5, 5.41) is 12.1. The van der Waals surface area contributed by atoms with Crippen LogP contribution in [0.5, 0.6) is 0 Å². The van der Waals surface area contributed by atoms with Gasteiger partial charge >= 0.3 is 5.97 Å². The molecule has 23 heavy (non-hydrogen) atoms. The van der Waals surface area contributed by atoms with Crippen LogP contribution in [0.1, 0.15) is 21.9 Å². The number of para-hydroxylation sites is 1. The van der Waals surface area contributed by atoms with Crippen molar-refractivity contribution in [2.75, 3.05) is 0 Å². The number of carbonyl (C=O) groups excluding carboxylic acids is 1. The van der Waals surface area contributed by atoms with Gasteiger partial charge in [-0.2, -0.15) is 0 Å². The fraction of sp³-hybridized carbons (Fsp3) is 0.0625. The van der Waals surface area contributed by atoms with E-state index in [4.69, 9.17) is 9.52 Å². The van der Waals surface area contributed by atoms with E-state index in [-0.39, 0.29) is 17.2 Å². The minimum atomic E-state index is -1.07. The smallest absolute Gasteiger partial charge is 0.337 e. The highest BCUT2D eigenvalue weighted by atomic mass is 32.2. The molecule has 1 aliphatic rings. The van der Waals surface area contributed by atoms with Gasteiger partial charge in [-0.05, 0) is 43.0 Å². The number of amidine groups is 1. The molecule has 116 valence electrons. The number of carbonyl (C=O) groups is 2. The lowest BCUT2D eigenvalue weighted by atomic mass is 10.2. The summed E-state index contributed by atoms with van der Waals surface area (Å²) in [5.41, 5.74) is 0.367. The maximum absolute atomic E-state index is 12.0. The first-order chi connectivity index (χ1) is 11.0. The Kier molecular flexibility index (Phi) is 4.03. The predicted molar refractivity (Wildman–Crippen MR) is 87.7 cm³/mol. The molecule has 1 fully saturated rings. The van der Waals surface area contributed by atoms with Crippen molar-refractivity contribution < 1.29 is 19.1 Å². The number of aliphatic imine (C=N–C) groups is 1. The van der Waals surface area contributed by atoms with Crippen molar-refractivity contribution in [3.05, 3.63) is 58.4 Å². The Morgan fingerprint density at radius 2 is 2.09 bits per heavy atom. The molecule has 1 aromatic heterocycles. The first-order valence-corrected chi connectivity index (χ1v) is 7.53. The molecule has 2 heterocycles. The van der Waals surface area contributed by atoms with Gasteiger partial charge in [-0.1, -0.05) is 12.1 Å². The zero-order chi connectivity index (χ0) is 16.4. The summed E-state index contributed by atoms with van der Waals surface area (Å²) in [6.07, 6.45) is 1.62. The van der Waals surface area contributed by atoms with E-state index in [1.54, 1.807) is 30.3 Å². The molecular formula is C16H12N2O4S. The summed E-state index contributed by atoms with van der Waals surface area (Å²) in [5.74, 6) is -0.0337. The van der Waals surface area contributed by atoms with Gasteiger partial charge < -0.3 is 14.8 Å². The molecule has 0 atom stereocenters. The van der Waals surface area contributed by atoms with Crippen LogP contribution in [0.3, 0.4) is 0 Å². The van der Waals surface area contributed by atoms with Crippen LogP contribution >= 0.6 is 11.8 Å². The minimum Gasteiger partial charge on any atom is -0.478 e. The lowest BCUT2D eigenvalue weighted by Crippen LogP contribution is -2.19. The van der Waals surface area contributed by atoms with E-state index in [1.807, 2.05) is 13.0 Å². The average molecular weight is 328 g/mol. The molecule has 7 heteroatoms. The maximum Gasteiger partial charge on any atom is 0.337 e. The van der Waals surface area contributed by atoms with Crippen molar-refractivity contribution >= 4 is 40.6 Å². The van der Waals surface area contributed by atoms with E-state index in [1.165, 1.54) is 6.07 Å². The summed E-state index contributed by atoms with van der Waals surface area (Å²) in [7, 11) is 0. The standard InChI is InChI=1S/C16H12N2O4S/c1-9-6-7-10(22-9)8-13-14(19)18-16(23-13)17-12-5-3-2-4-11(12)15(20)21/h2-8H,1H3,(H,20,21)(H,17,18,19)/b13-8+. The van der Waals surface area contributed by atoms with Crippen molar-refractivity contribution in [1.29, 1.82) is 0 Å². The summed E-state index contributed by atoms with van der Waals surface area (Å²) < 4.78 is 5.41. The second kappa shape index (κ2) is 6.13. The van der Waals surface area contributed by atoms with Gasteiger partial charge in [-0.3, -0.25) is 4.79 Å². The van der Waals surface area contributed by atoms with Gasteiger partial charge in [0.2, 0.25) is 0 Å². The van der Waals surface area contributed by atoms with Gasteiger partial charge in [0, 0.05) is 6.08 Å². The SMILES string of the molecule is Cc1ccc(/C=C2/SC(=Nc3ccccc3C(=O)O)NC2=O)o1. The van der Waals surface area contributed by atoms with Gasteiger partial charge in [-0.15, -0.1) is 0 Å². The lowest BCUT2D eigenvalue weighted by Gasteiger charge is -2.00. The Morgan fingerprint density at radius 1 is 1.30 bits per heavy atom. The number of amides is 1. The highest BCUT2D eigenvalue weighted by molar-refractivity contribution is 8.18. The van der Waals surface area contributed by atoms with Crippen molar-refractivity contribution in [3.63, 3.8) is 0 Å². The number of aryl methyl sites for hydroxylation is 1. The monoisotopic (exact) mass is 328 g/mol. The molecule has 3 rings (SSSR count). The molecule has 1 aromatic carbocycles. The van der Waals surface area contributed by atoms with Crippen LogP contribution in [0.15, 0.2) is 50.7 Å². The molecule has 2 aromatic rings. The van der Waals surface area contributed by atoms with E-state index >= 15 is 0 Å². The molecule has 1 saturated heterocycles. The molecule has 0 radical (unpaired) electrons. The fourth-order valence-electron chi connectivity index (χ4n) is 2.00. The van der Waals surface area contributed by atoms with Crippen LogP contribution in [0.2, 0.25) is 0 Å². The van der Waals surface area contributed by atoms with E-state index in [2.05, 4.69) is 10.3 Å². The Labute approximate surface area is 135 Å². The maximum atomic E-state index is 12.0. The Morgan fingerprint density at radius 3 is 2.78 bits per heavy atom. The number of carboxylic acid groups (broad SMARTS) is 1. The molecule has 0 aliphatic carbocycles. The Bertz CT molecular complexity index is 851. The summed E-state index contributed by atoms with van der Waals surface area (Å²) in [6, 6.07) is 9.94. The topological polar surface area (TPSA) is 91.9 Å². The first kappa shape index (κ1) is 15.1. The van der Waals surface area contributed by atoms with Crippen molar-refractivity contribution in [3.8, 4) is 0 Å². The lowest BCUT2D eigenvalue weighted by molar-refractivity contribution is -0.115. The molecule has 0 unspecified atom stereocenters. The molecule has 0 saturated carbocycles. The third kappa shape index (κ3) is 3.35. The number of hydrogen-bond acceptors (Lipinski definition) is 5. The number of nitrogens with one attached hydrogen (secondary N) is 1. The van der Waals surface area contributed by atoms with Gasteiger partial charge in [0.05, 0.1) is 16.2 Å². The number of aromatic carboxylic acids is 1. The number of hydrogen-bond donors (Lipinski definition) is 2. The average Bonchev–Trinajstić information content (AvgIpc) is 3.06. The zero-order valence-corrected chi connectivity index (χ0v) is 12.9. The number of thioether (sulfide) groups is 1. The van der Waals surface area contributed by atoms with Crippen molar-refractivity contribution in [2.24, 2.45) is 4.99 Å². The Balaban J connectivity index is 1.88. The normalized spacial score (nSPS) is 17.7. The number of carboxylic acids is 1. The van der Waals surface area contributed by atoms with E-state index in [0.717, 1.165) is 17.5 Å². The van der Waals surface area contributed by atoms with Gasteiger partial charge in [0.1, 0.15) is 11.5 Å². The quantitative estimate of drug-likeness (QED) is 0.844. The number of rotatable bonds is 3. The largest absolute Gasteiger partial charge is 0.478 e. The van der Waals surface area contributed by atoms with Crippen LogP contribution in [0.25, 0.3) is 6.08 Å². The van der Waals surface area contributed by atoms with Crippen molar-refractivity contribution in [1.82, 2.24) is 5.32 Å². The van der Waals surface area contributed by atoms with E-state index in [9.17, 15) is 9.59 Å². The molecular weight excluding hydrogens is 316 g/mol.